The third-order valence-corrected chi connectivity index (χ3v) is 3.50. The monoisotopic (exact) mass is 299 g/mol. The summed E-state index contributed by atoms with van der Waals surface area (Å²) in [6.07, 6.45) is 2.86. The van der Waals surface area contributed by atoms with Gasteiger partial charge in [0.2, 0.25) is 0 Å². The Kier molecular flexibility index (Phi) is 5.61. The van der Waals surface area contributed by atoms with E-state index in [9.17, 15) is 4.79 Å². The van der Waals surface area contributed by atoms with Crippen LogP contribution in [0.25, 0.3) is 0 Å². The van der Waals surface area contributed by atoms with Crippen molar-refractivity contribution in [2.45, 2.75) is 32.7 Å². The average Bonchev–Trinajstić information content (AvgIpc) is 2.52. The SMILES string of the molecule is Cc1ncc(C(=O)NC(CCCO)c2ccccc2)c(C)n1. The minimum absolute atomic E-state index is 0.103. The topological polar surface area (TPSA) is 75.1 Å². The summed E-state index contributed by atoms with van der Waals surface area (Å²) in [6, 6.07) is 9.62. The Balaban J connectivity index is 2.17. The van der Waals surface area contributed by atoms with Gasteiger partial charge in [-0.3, -0.25) is 4.79 Å². The maximum Gasteiger partial charge on any atom is 0.255 e. The molecule has 0 fully saturated rings. The predicted octanol–water partition coefficient (Wildman–Crippen LogP) is 2.34. The third kappa shape index (κ3) is 4.11. The van der Waals surface area contributed by atoms with Gasteiger partial charge in [-0.25, -0.2) is 9.97 Å². The molecule has 0 spiro atoms. The van der Waals surface area contributed by atoms with E-state index in [1.54, 1.807) is 20.0 Å². The smallest absolute Gasteiger partial charge is 0.255 e. The molecule has 5 heteroatoms. The summed E-state index contributed by atoms with van der Waals surface area (Å²) in [5, 5.41) is 12.1. The van der Waals surface area contributed by atoms with Crippen molar-refractivity contribution in [3.63, 3.8) is 0 Å². The van der Waals surface area contributed by atoms with Crippen LogP contribution in [0, 0.1) is 13.8 Å². The minimum atomic E-state index is -0.190. The van der Waals surface area contributed by atoms with Crippen molar-refractivity contribution in [1.82, 2.24) is 15.3 Å². The van der Waals surface area contributed by atoms with E-state index in [1.807, 2.05) is 30.3 Å². The zero-order chi connectivity index (χ0) is 15.9. The molecule has 2 N–H and O–H groups in total. The van der Waals surface area contributed by atoms with Crippen LogP contribution in [0.3, 0.4) is 0 Å². The average molecular weight is 299 g/mol. The molecule has 0 aliphatic heterocycles. The second-order valence-electron chi connectivity index (χ2n) is 5.22. The van der Waals surface area contributed by atoms with Crippen LogP contribution in [-0.2, 0) is 0 Å². The van der Waals surface area contributed by atoms with Crippen molar-refractivity contribution in [3.05, 3.63) is 59.2 Å². The number of rotatable bonds is 6. The van der Waals surface area contributed by atoms with E-state index in [4.69, 9.17) is 5.11 Å². The molecule has 0 aliphatic rings. The highest BCUT2D eigenvalue weighted by Gasteiger charge is 2.17. The van der Waals surface area contributed by atoms with Crippen LogP contribution in [-0.4, -0.2) is 27.6 Å². The summed E-state index contributed by atoms with van der Waals surface area (Å²) in [5.74, 6) is 0.457. The lowest BCUT2D eigenvalue weighted by Gasteiger charge is -2.19. The maximum atomic E-state index is 12.5. The van der Waals surface area contributed by atoms with Gasteiger partial charge in [-0.15, -0.1) is 0 Å². The molecule has 0 radical (unpaired) electrons. The first-order chi connectivity index (χ1) is 10.6. The van der Waals surface area contributed by atoms with E-state index in [2.05, 4.69) is 15.3 Å². The van der Waals surface area contributed by atoms with Gasteiger partial charge in [-0.2, -0.15) is 0 Å². The van der Waals surface area contributed by atoms with Gasteiger partial charge >= 0.3 is 0 Å². The molecule has 1 unspecified atom stereocenters. The summed E-state index contributed by atoms with van der Waals surface area (Å²) in [4.78, 5) is 20.8. The summed E-state index contributed by atoms with van der Waals surface area (Å²) in [6.45, 7) is 3.70. The number of carbonyl (C=O) groups is 1. The Bertz CT molecular complexity index is 629. The van der Waals surface area contributed by atoms with E-state index >= 15 is 0 Å². The molecule has 5 nitrogen and oxygen atoms in total. The Morgan fingerprint density at radius 3 is 2.64 bits per heavy atom. The van der Waals surface area contributed by atoms with Crippen LogP contribution in [0.15, 0.2) is 36.5 Å². The van der Waals surface area contributed by atoms with Gasteiger partial charge < -0.3 is 10.4 Å². The molecule has 1 aromatic carbocycles. The third-order valence-electron chi connectivity index (χ3n) is 3.50. The van der Waals surface area contributed by atoms with Crippen LogP contribution in [0.2, 0.25) is 0 Å². The number of aliphatic hydroxyl groups excluding tert-OH is 1. The molecule has 1 atom stereocenters. The summed E-state index contributed by atoms with van der Waals surface area (Å²) in [7, 11) is 0. The zero-order valence-electron chi connectivity index (χ0n) is 12.9. The molecule has 0 aliphatic carbocycles. The van der Waals surface area contributed by atoms with Crippen LogP contribution in [0.1, 0.15) is 46.3 Å². The summed E-state index contributed by atoms with van der Waals surface area (Å²) < 4.78 is 0. The van der Waals surface area contributed by atoms with Gasteiger partial charge in [0, 0.05) is 12.8 Å². The van der Waals surface area contributed by atoms with Gasteiger partial charge in [-0.05, 0) is 32.3 Å². The van der Waals surface area contributed by atoms with E-state index in [0.29, 0.717) is 29.9 Å². The number of hydrogen-bond donors (Lipinski definition) is 2. The van der Waals surface area contributed by atoms with Gasteiger partial charge in [-0.1, -0.05) is 30.3 Å². The van der Waals surface area contributed by atoms with Crippen molar-refractivity contribution < 1.29 is 9.90 Å². The molecule has 0 bridgehead atoms. The molecule has 22 heavy (non-hydrogen) atoms. The Hall–Kier alpha value is -2.27. The molecular weight excluding hydrogens is 278 g/mol. The molecule has 1 amide bonds. The predicted molar refractivity (Wildman–Crippen MR) is 84.5 cm³/mol. The number of nitrogens with zero attached hydrogens (tertiary/aromatic N) is 2. The second-order valence-corrected chi connectivity index (χ2v) is 5.22. The largest absolute Gasteiger partial charge is 0.396 e. The fraction of sp³-hybridized carbons (Fsp3) is 0.353. The number of carbonyl (C=O) groups excluding carboxylic acids is 1. The lowest BCUT2D eigenvalue weighted by atomic mass is 10.0. The fourth-order valence-electron chi connectivity index (χ4n) is 2.35. The van der Waals surface area contributed by atoms with Crippen molar-refractivity contribution in [2.24, 2.45) is 0 Å². The summed E-state index contributed by atoms with van der Waals surface area (Å²) in [5.41, 5.74) is 2.17. The van der Waals surface area contributed by atoms with Crippen LogP contribution >= 0.6 is 0 Å². The van der Waals surface area contributed by atoms with Gasteiger partial charge in [0.1, 0.15) is 5.82 Å². The molecule has 116 valence electrons. The van der Waals surface area contributed by atoms with Crippen molar-refractivity contribution >= 4 is 5.91 Å². The van der Waals surface area contributed by atoms with Gasteiger partial charge in [0.25, 0.3) is 5.91 Å². The molecule has 2 rings (SSSR count). The molecule has 1 heterocycles. The van der Waals surface area contributed by atoms with E-state index in [-0.39, 0.29) is 18.6 Å². The zero-order valence-corrected chi connectivity index (χ0v) is 12.9. The lowest BCUT2D eigenvalue weighted by Crippen LogP contribution is -2.29. The van der Waals surface area contributed by atoms with Crippen molar-refractivity contribution in [1.29, 1.82) is 0 Å². The Morgan fingerprint density at radius 1 is 1.27 bits per heavy atom. The lowest BCUT2D eigenvalue weighted by molar-refractivity contribution is 0.0931. The molecule has 2 aromatic rings. The highest BCUT2D eigenvalue weighted by Crippen LogP contribution is 2.19. The van der Waals surface area contributed by atoms with Gasteiger partial charge in [0.15, 0.2) is 0 Å². The van der Waals surface area contributed by atoms with Crippen molar-refractivity contribution in [3.8, 4) is 0 Å². The fourth-order valence-corrected chi connectivity index (χ4v) is 2.35. The number of aryl methyl sites for hydroxylation is 2. The quantitative estimate of drug-likeness (QED) is 0.858. The number of aliphatic hydroxyl groups is 1. The van der Waals surface area contributed by atoms with E-state index in [0.717, 1.165) is 5.56 Å². The van der Waals surface area contributed by atoms with Crippen LogP contribution in [0.4, 0.5) is 0 Å². The molecule has 0 saturated heterocycles. The van der Waals surface area contributed by atoms with Gasteiger partial charge in [0.05, 0.1) is 17.3 Å². The van der Waals surface area contributed by atoms with Crippen LogP contribution < -0.4 is 5.32 Å². The van der Waals surface area contributed by atoms with E-state index in [1.165, 1.54) is 0 Å². The second kappa shape index (κ2) is 7.66. The number of aromatic nitrogens is 2. The van der Waals surface area contributed by atoms with Crippen molar-refractivity contribution in [2.75, 3.05) is 6.61 Å². The standard InChI is InChI=1S/C17H21N3O2/c1-12-15(11-18-13(2)19-12)17(22)20-16(9-6-10-21)14-7-4-3-5-8-14/h3-5,7-8,11,16,21H,6,9-10H2,1-2H3,(H,20,22). The number of benzene rings is 1. The number of amides is 1. The Labute approximate surface area is 130 Å². The first-order valence-electron chi connectivity index (χ1n) is 7.38. The van der Waals surface area contributed by atoms with Crippen LogP contribution in [0.5, 0.6) is 0 Å². The molecular formula is C17H21N3O2. The number of nitrogens with one attached hydrogen (secondary N) is 1. The number of hydrogen-bond acceptors (Lipinski definition) is 4. The maximum absolute atomic E-state index is 12.5. The first-order valence-corrected chi connectivity index (χ1v) is 7.38. The first kappa shape index (κ1) is 16.1. The Morgan fingerprint density at radius 2 is 2.00 bits per heavy atom. The normalized spacial score (nSPS) is 12.0. The van der Waals surface area contributed by atoms with E-state index < -0.39 is 0 Å². The minimum Gasteiger partial charge on any atom is -0.396 e. The highest BCUT2D eigenvalue weighted by molar-refractivity contribution is 5.95. The molecule has 1 aromatic heterocycles. The summed E-state index contributed by atoms with van der Waals surface area (Å²) >= 11 is 0. The highest BCUT2D eigenvalue weighted by atomic mass is 16.3. The molecule has 0 saturated carbocycles.